The number of hydrogen-bond donors (Lipinski definition) is 0. The Kier molecular flexibility index (Phi) is 13.7. The fraction of sp³-hybridized carbons (Fsp3) is 0.421. The monoisotopic (exact) mass is 506 g/mol. The van der Waals surface area contributed by atoms with Crippen LogP contribution in [-0.4, -0.2) is 0 Å². The fourth-order valence-electron chi connectivity index (χ4n) is 5.83. The van der Waals surface area contributed by atoms with Crippen molar-refractivity contribution < 1.29 is 0 Å². The van der Waals surface area contributed by atoms with Crippen molar-refractivity contribution in [2.75, 3.05) is 0 Å². The molecule has 0 aliphatic heterocycles. The number of allylic oxidation sites excluding steroid dienone is 5. The van der Waals surface area contributed by atoms with Crippen LogP contribution in [0.3, 0.4) is 0 Å². The van der Waals surface area contributed by atoms with Crippen molar-refractivity contribution in [3.63, 3.8) is 0 Å². The van der Waals surface area contributed by atoms with Gasteiger partial charge in [0.25, 0.3) is 0 Å². The van der Waals surface area contributed by atoms with E-state index < -0.39 is 0 Å². The summed E-state index contributed by atoms with van der Waals surface area (Å²) < 4.78 is 0. The molecule has 0 bridgehead atoms. The van der Waals surface area contributed by atoms with Crippen LogP contribution >= 0.6 is 0 Å². The Morgan fingerprint density at radius 1 is 1.00 bits per heavy atom. The van der Waals surface area contributed by atoms with Crippen LogP contribution in [0, 0.1) is 48.9 Å². The highest BCUT2D eigenvalue weighted by Gasteiger charge is 2.31. The Morgan fingerprint density at radius 3 is 2.29 bits per heavy atom. The van der Waals surface area contributed by atoms with E-state index in [4.69, 9.17) is 6.42 Å². The largest absolute Gasteiger partial charge is 0.124 e. The predicted molar refractivity (Wildman–Crippen MR) is 172 cm³/mol. The maximum Gasteiger partial charge on any atom is 0.00168 e. The molecule has 3 rings (SSSR count). The Morgan fingerprint density at radius 2 is 1.63 bits per heavy atom. The van der Waals surface area contributed by atoms with Crippen LogP contribution < -0.4 is 0 Å². The molecule has 2 aromatic rings. The van der Waals surface area contributed by atoms with E-state index in [2.05, 4.69) is 109 Å². The Bertz CT molecular complexity index is 1180. The standard InChI is InChI=1S/C35H44.C2H2.CH4/c1-9-25(4)15-10-12-19-33(35-23-32(21-24(2)3)28(7)27(6)29(35)8)26(5)22-31-18-14-17-30-16-11-13-20-34(30)31;1-2;/h1,11,13-14,16-18,20,24,26-27,32H,4,7-8,10,12,15,19,21-23H2,2-3,5-6H3;1-2H;1H4/b35-33+;;. The summed E-state index contributed by atoms with van der Waals surface area (Å²) in [4.78, 5) is 0. The smallest absolute Gasteiger partial charge is 0.00168 e. The second kappa shape index (κ2) is 15.9. The lowest BCUT2D eigenvalue weighted by atomic mass is 9.68. The van der Waals surface area contributed by atoms with Gasteiger partial charge in [0.15, 0.2) is 0 Å². The van der Waals surface area contributed by atoms with E-state index in [1.165, 1.54) is 39.5 Å². The molecule has 1 aliphatic rings. The summed E-state index contributed by atoms with van der Waals surface area (Å²) in [7, 11) is 0. The molecule has 0 aromatic heterocycles. The molecule has 202 valence electrons. The third-order valence-corrected chi connectivity index (χ3v) is 7.96. The topological polar surface area (TPSA) is 0 Å². The zero-order valence-corrected chi connectivity index (χ0v) is 23.7. The van der Waals surface area contributed by atoms with Crippen LogP contribution in [0.2, 0.25) is 0 Å². The zero-order chi connectivity index (χ0) is 27.5. The second-order valence-electron chi connectivity index (χ2n) is 11.1. The SMILES string of the molecule is C.C#C.C#CC(=C)CCCC/C(=C1/CC(CC(C)C)C(=C)C(C)C1=C)C(C)Cc1cccc2ccccc12. The number of terminal acetylenes is 2. The van der Waals surface area contributed by atoms with E-state index in [0.29, 0.717) is 23.7 Å². The Hall–Kier alpha value is -3.22. The van der Waals surface area contributed by atoms with E-state index in [1.807, 2.05) is 0 Å². The molecule has 1 fully saturated rings. The molecule has 38 heavy (non-hydrogen) atoms. The molecular weight excluding hydrogens is 456 g/mol. The van der Waals surface area contributed by atoms with E-state index >= 15 is 0 Å². The highest BCUT2D eigenvalue weighted by atomic mass is 14.4. The van der Waals surface area contributed by atoms with Crippen molar-refractivity contribution in [1.29, 1.82) is 0 Å². The minimum Gasteiger partial charge on any atom is -0.124 e. The average Bonchev–Trinajstić information content (AvgIpc) is 2.90. The van der Waals surface area contributed by atoms with Gasteiger partial charge in [-0.25, -0.2) is 0 Å². The van der Waals surface area contributed by atoms with Gasteiger partial charge in [0.05, 0.1) is 0 Å². The first-order valence-electron chi connectivity index (χ1n) is 13.8. The molecule has 0 heterocycles. The quantitative estimate of drug-likeness (QED) is 0.171. The van der Waals surface area contributed by atoms with E-state index in [0.717, 1.165) is 44.1 Å². The second-order valence-corrected chi connectivity index (χ2v) is 11.1. The van der Waals surface area contributed by atoms with Crippen LogP contribution in [0.15, 0.2) is 90.1 Å². The number of benzene rings is 2. The summed E-state index contributed by atoms with van der Waals surface area (Å²) in [6, 6.07) is 15.5. The predicted octanol–water partition coefficient (Wildman–Crippen LogP) is 10.8. The average molecular weight is 507 g/mol. The minimum atomic E-state index is 0. The summed E-state index contributed by atoms with van der Waals surface area (Å²) in [6.45, 7) is 22.5. The van der Waals surface area contributed by atoms with Gasteiger partial charge in [-0.3, -0.25) is 0 Å². The van der Waals surface area contributed by atoms with Crippen LogP contribution in [0.5, 0.6) is 0 Å². The first kappa shape index (κ1) is 32.8. The maximum atomic E-state index is 5.53. The van der Waals surface area contributed by atoms with Crippen molar-refractivity contribution in [3.05, 3.63) is 95.6 Å². The summed E-state index contributed by atoms with van der Waals surface area (Å²) in [6.07, 6.45) is 21.1. The van der Waals surface area contributed by atoms with Crippen molar-refractivity contribution in [1.82, 2.24) is 0 Å². The van der Waals surface area contributed by atoms with Gasteiger partial charge in [0.1, 0.15) is 0 Å². The first-order valence-corrected chi connectivity index (χ1v) is 13.8. The number of rotatable bonds is 10. The first-order chi connectivity index (χ1) is 17.7. The third-order valence-electron chi connectivity index (χ3n) is 7.96. The van der Waals surface area contributed by atoms with Crippen molar-refractivity contribution in [2.45, 2.75) is 80.1 Å². The van der Waals surface area contributed by atoms with Crippen LogP contribution in [-0.2, 0) is 6.42 Å². The highest BCUT2D eigenvalue weighted by molar-refractivity contribution is 5.85. The molecular formula is C38H50. The summed E-state index contributed by atoms with van der Waals surface area (Å²) in [5.74, 6) is 4.73. The van der Waals surface area contributed by atoms with Gasteiger partial charge in [-0.15, -0.1) is 19.3 Å². The molecule has 3 atom stereocenters. The maximum absolute atomic E-state index is 5.53. The molecule has 0 spiro atoms. The van der Waals surface area contributed by atoms with Crippen molar-refractivity contribution >= 4 is 10.8 Å². The van der Waals surface area contributed by atoms with Gasteiger partial charge >= 0.3 is 0 Å². The summed E-state index contributed by atoms with van der Waals surface area (Å²) in [5.41, 5.74) is 8.14. The molecule has 0 radical (unpaired) electrons. The number of unbranched alkanes of at least 4 members (excludes halogenated alkanes) is 1. The van der Waals surface area contributed by atoms with Gasteiger partial charge in [-0.1, -0.05) is 114 Å². The van der Waals surface area contributed by atoms with Crippen LogP contribution in [0.1, 0.15) is 79.2 Å². The fourth-order valence-corrected chi connectivity index (χ4v) is 5.83. The molecule has 3 unspecified atom stereocenters. The van der Waals surface area contributed by atoms with E-state index in [9.17, 15) is 0 Å². The van der Waals surface area contributed by atoms with Gasteiger partial charge in [0, 0.05) is 5.92 Å². The summed E-state index contributed by atoms with van der Waals surface area (Å²) in [5, 5.41) is 2.70. The lowest BCUT2D eigenvalue weighted by Crippen LogP contribution is -2.24. The summed E-state index contributed by atoms with van der Waals surface area (Å²) >= 11 is 0. The van der Waals surface area contributed by atoms with Crippen LogP contribution in [0.25, 0.3) is 10.8 Å². The minimum absolute atomic E-state index is 0. The lowest BCUT2D eigenvalue weighted by Gasteiger charge is -2.37. The van der Waals surface area contributed by atoms with E-state index in [-0.39, 0.29) is 7.43 Å². The Labute approximate surface area is 235 Å². The molecule has 0 amide bonds. The van der Waals surface area contributed by atoms with Crippen molar-refractivity contribution in [3.8, 4) is 25.2 Å². The van der Waals surface area contributed by atoms with E-state index in [1.54, 1.807) is 5.57 Å². The Balaban J connectivity index is 0.00000235. The zero-order valence-electron chi connectivity index (χ0n) is 23.7. The molecule has 0 saturated heterocycles. The number of hydrogen-bond acceptors (Lipinski definition) is 0. The molecule has 2 aromatic carbocycles. The third kappa shape index (κ3) is 8.40. The van der Waals surface area contributed by atoms with Gasteiger partial charge in [-0.05, 0) is 95.8 Å². The van der Waals surface area contributed by atoms with Crippen LogP contribution in [0.4, 0.5) is 0 Å². The normalized spacial score (nSPS) is 19.1. The molecule has 0 heteroatoms. The highest BCUT2D eigenvalue weighted by Crippen LogP contribution is 2.45. The molecule has 0 nitrogen and oxygen atoms in total. The van der Waals surface area contributed by atoms with Gasteiger partial charge in [-0.2, -0.15) is 0 Å². The van der Waals surface area contributed by atoms with Gasteiger partial charge < -0.3 is 0 Å². The van der Waals surface area contributed by atoms with Gasteiger partial charge in [0.2, 0.25) is 0 Å². The molecule has 1 aliphatic carbocycles. The molecule has 0 N–H and O–H groups in total. The van der Waals surface area contributed by atoms with Crippen molar-refractivity contribution in [2.24, 2.45) is 23.7 Å². The number of fused-ring (bicyclic) bond motifs is 1. The molecule has 1 saturated carbocycles. The lowest BCUT2D eigenvalue weighted by molar-refractivity contribution is 0.411.